The maximum Gasteiger partial charge on any atom is 0.161 e. The molecule has 1 aromatic heterocycles. The Bertz CT molecular complexity index is 596. The molecule has 0 amide bonds. The Morgan fingerprint density at radius 3 is 2.38 bits per heavy atom. The Labute approximate surface area is 147 Å². The molecule has 0 fully saturated rings. The number of rotatable bonds is 6. The number of benzene rings is 1. The summed E-state index contributed by atoms with van der Waals surface area (Å²) < 4.78 is 12.8. The van der Waals surface area contributed by atoms with Gasteiger partial charge in [-0.05, 0) is 53.5 Å². The fourth-order valence-corrected chi connectivity index (χ4v) is 3.95. The van der Waals surface area contributed by atoms with E-state index in [1.807, 2.05) is 38.1 Å². The van der Waals surface area contributed by atoms with Gasteiger partial charge in [0.1, 0.15) is 4.34 Å². The third-order valence-electron chi connectivity index (χ3n) is 2.77. The monoisotopic (exact) mass is 408 g/mol. The Kier molecular flexibility index (Phi) is 6.23. The first kappa shape index (κ1) is 16.9. The van der Waals surface area contributed by atoms with Gasteiger partial charge in [0.25, 0.3) is 0 Å². The normalized spacial score (nSPS) is 12.2. The van der Waals surface area contributed by atoms with Gasteiger partial charge in [0.15, 0.2) is 11.5 Å². The Morgan fingerprint density at radius 2 is 1.81 bits per heavy atom. The molecule has 2 aromatic rings. The van der Waals surface area contributed by atoms with E-state index in [9.17, 15) is 0 Å². The van der Waals surface area contributed by atoms with E-state index >= 15 is 0 Å². The van der Waals surface area contributed by atoms with E-state index in [2.05, 4.69) is 15.9 Å². The molecule has 0 aliphatic carbocycles. The van der Waals surface area contributed by atoms with Crippen LogP contribution in [0.15, 0.2) is 28.7 Å². The minimum Gasteiger partial charge on any atom is -0.490 e. The fraction of sp³-hybridized carbons (Fsp3) is 0.333. The van der Waals surface area contributed by atoms with Crippen molar-refractivity contribution >= 4 is 50.5 Å². The lowest BCUT2D eigenvalue weighted by molar-refractivity contribution is 0.287. The van der Waals surface area contributed by atoms with Crippen molar-refractivity contribution in [3.63, 3.8) is 0 Å². The van der Waals surface area contributed by atoms with Crippen LogP contribution in [0.4, 0.5) is 0 Å². The van der Waals surface area contributed by atoms with E-state index < -0.39 is 0 Å². The molecule has 2 nitrogen and oxygen atoms in total. The molecule has 0 saturated carbocycles. The lowest BCUT2D eigenvalue weighted by Crippen LogP contribution is -2.00. The van der Waals surface area contributed by atoms with Gasteiger partial charge in [-0.15, -0.1) is 22.9 Å². The molecule has 1 unspecified atom stereocenters. The molecule has 21 heavy (non-hydrogen) atoms. The zero-order valence-corrected chi connectivity index (χ0v) is 15.6. The molecule has 1 aromatic carbocycles. The van der Waals surface area contributed by atoms with Gasteiger partial charge < -0.3 is 9.47 Å². The molecule has 0 aliphatic heterocycles. The molecule has 0 saturated heterocycles. The van der Waals surface area contributed by atoms with Crippen LogP contribution in [-0.4, -0.2) is 13.2 Å². The highest BCUT2D eigenvalue weighted by molar-refractivity contribution is 9.10. The maximum atomic E-state index is 6.55. The van der Waals surface area contributed by atoms with Gasteiger partial charge >= 0.3 is 0 Å². The summed E-state index contributed by atoms with van der Waals surface area (Å²) in [5.41, 5.74) is 0.953. The Hall–Kier alpha value is -0.420. The van der Waals surface area contributed by atoms with Crippen molar-refractivity contribution in [2.75, 3.05) is 13.2 Å². The van der Waals surface area contributed by atoms with Crippen LogP contribution in [0, 0.1) is 0 Å². The third kappa shape index (κ3) is 4.07. The summed E-state index contributed by atoms with van der Waals surface area (Å²) in [4.78, 5) is 0.986. The van der Waals surface area contributed by atoms with Crippen LogP contribution < -0.4 is 9.47 Å². The van der Waals surface area contributed by atoms with Crippen LogP contribution in [0.5, 0.6) is 11.5 Å². The quantitative estimate of drug-likeness (QED) is 0.522. The topological polar surface area (TPSA) is 18.5 Å². The van der Waals surface area contributed by atoms with Crippen LogP contribution in [-0.2, 0) is 0 Å². The van der Waals surface area contributed by atoms with Crippen molar-refractivity contribution in [2.24, 2.45) is 0 Å². The SMILES string of the molecule is CCOc1ccc(C(Cl)c2cc(Br)c(Cl)s2)cc1OCC. The van der Waals surface area contributed by atoms with Crippen LogP contribution in [0.25, 0.3) is 0 Å². The number of hydrogen-bond donors (Lipinski definition) is 0. The molecular formula is C15H15BrCl2O2S. The number of alkyl halides is 1. The number of ether oxygens (including phenoxy) is 2. The predicted molar refractivity (Wildman–Crippen MR) is 93.5 cm³/mol. The average molecular weight is 410 g/mol. The first-order valence-electron chi connectivity index (χ1n) is 6.55. The highest BCUT2D eigenvalue weighted by Crippen LogP contribution is 2.42. The molecule has 6 heteroatoms. The first-order chi connectivity index (χ1) is 10.1. The van der Waals surface area contributed by atoms with Gasteiger partial charge in [-0.2, -0.15) is 0 Å². The highest BCUT2D eigenvalue weighted by Gasteiger charge is 2.17. The molecule has 0 spiro atoms. The Balaban J connectivity index is 2.32. The van der Waals surface area contributed by atoms with Crippen LogP contribution >= 0.6 is 50.5 Å². The minimum absolute atomic E-state index is 0.270. The summed E-state index contributed by atoms with van der Waals surface area (Å²) in [6.45, 7) is 5.06. The van der Waals surface area contributed by atoms with Crippen LogP contribution in [0.3, 0.4) is 0 Å². The van der Waals surface area contributed by atoms with Gasteiger partial charge in [-0.1, -0.05) is 17.7 Å². The molecule has 1 atom stereocenters. The number of hydrogen-bond acceptors (Lipinski definition) is 3. The highest BCUT2D eigenvalue weighted by atomic mass is 79.9. The van der Waals surface area contributed by atoms with Gasteiger partial charge in [0.05, 0.1) is 18.6 Å². The fourth-order valence-electron chi connectivity index (χ4n) is 1.88. The number of halogens is 3. The van der Waals surface area contributed by atoms with Crippen molar-refractivity contribution in [2.45, 2.75) is 19.2 Å². The first-order valence-corrected chi connectivity index (χ1v) is 8.97. The number of thiophene rings is 1. The molecule has 114 valence electrons. The summed E-state index contributed by atoms with van der Waals surface area (Å²) in [5, 5.41) is -0.270. The summed E-state index contributed by atoms with van der Waals surface area (Å²) in [5.74, 6) is 1.45. The second-order valence-corrected chi connectivity index (χ2v) is 7.18. The second kappa shape index (κ2) is 7.73. The van der Waals surface area contributed by atoms with Crippen molar-refractivity contribution < 1.29 is 9.47 Å². The molecule has 0 aliphatic rings. The lowest BCUT2D eigenvalue weighted by Gasteiger charge is -2.14. The van der Waals surface area contributed by atoms with Gasteiger partial charge in [0.2, 0.25) is 0 Å². The summed E-state index contributed by atoms with van der Waals surface area (Å²) >= 11 is 17.5. The second-order valence-electron chi connectivity index (χ2n) is 4.21. The molecule has 0 bridgehead atoms. The van der Waals surface area contributed by atoms with E-state index in [1.54, 1.807) is 0 Å². The smallest absolute Gasteiger partial charge is 0.161 e. The molecule has 1 heterocycles. The van der Waals surface area contributed by atoms with Crippen LogP contribution in [0.2, 0.25) is 4.34 Å². The van der Waals surface area contributed by atoms with E-state index in [0.29, 0.717) is 23.3 Å². The van der Waals surface area contributed by atoms with Crippen molar-refractivity contribution in [1.29, 1.82) is 0 Å². The predicted octanol–water partition coefficient (Wildman–Crippen LogP) is 6.29. The van der Waals surface area contributed by atoms with Crippen molar-refractivity contribution in [1.82, 2.24) is 0 Å². The standard InChI is InChI=1S/C15H15BrCl2O2S/c1-3-19-11-6-5-9(7-12(11)20-4-2)14(17)13-8-10(16)15(18)21-13/h5-8,14H,3-4H2,1-2H3. The third-order valence-corrected chi connectivity index (χ3v) is 5.93. The molecular weight excluding hydrogens is 395 g/mol. The largest absolute Gasteiger partial charge is 0.490 e. The van der Waals surface area contributed by atoms with Crippen molar-refractivity contribution in [3.05, 3.63) is 43.5 Å². The van der Waals surface area contributed by atoms with E-state index in [4.69, 9.17) is 32.7 Å². The van der Waals surface area contributed by atoms with E-state index in [0.717, 1.165) is 20.7 Å². The Morgan fingerprint density at radius 1 is 1.14 bits per heavy atom. The minimum atomic E-state index is -0.270. The van der Waals surface area contributed by atoms with E-state index in [-0.39, 0.29) is 5.38 Å². The van der Waals surface area contributed by atoms with Gasteiger partial charge in [-0.25, -0.2) is 0 Å². The summed E-state index contributed by atoms with van der Waals surface area (Å²) in [6.07, 6.45) is 0. The lowest BCUT2D eigenvalue weighted by atomic mass is 10.1. The summed E-state index contributed by atoms with van der Waals surface area (Å²) in [7, 11) is 0. The van der Waals surface area contributed by atoms with E-state index in [1.165, 1.54) is 11.3 Å². The average Bonchev–Trinajstić information content (AvgIpc) is 2.80. The zero-order chi connectivity index (χ0) is 15.4. The molecule has 2 rings (SSSR count). The molecule has 0 N–H and O–H groups in total. The van der Waals surface area contributed by atoms with Crippen LogP contribution in [0.1, 0.15) is 29.7 Å². The van der Waals surface area contributed by atoms with Gasteiger partial charge in [0, 0.05) is 9.35 Å². The van der Waals surface area contributed by atoms with Gasteiger partial charge in [-0.3, -0.25) is 0 Å². The summed E-state index contributed by atoms with van der Waals surface area (Å²) in [6, 6.07) is 7.71. The van der Waals surface area contributed by atoms with Crippen molar-refractivity contribution in [3.8, 4) is 11.5 Å². The zero-order valence-electron chi connectivity index (χ0n) is 11.7. The molecule has 0 radical (unpaired) electrons. The maximum absolute atomic E-state index is 6.55.